The van der Waals surface area contributed by atoms with Crippen LogP contribution in [0.15, 0.2) is 30.3 Å². The Hall–Kier alpha value is -2.08. The Morgan fingerprint density at radius 2 is 1.88 bits per heavy atom. The van der Waals surface area contributed by atoms with Gasteiger partial charge in [0, 0.05) is 5.69 Å². The molecule has 1 aromatic rings. The van der Waals surface area contributed by atoms with Crippen molar-refractivity contribution in [2.24, 2.45) is 0 Å². The van der Waals surface area contributed by atoms with Gasteiger partial charge in [0.15, 0.2) is 0 Å². The van der Waals surface area contributed by atoms with Crippen molar-refractivity contribution in [2.75, 3.05) is 11.9 Å². The van der Waals surface area contributed by atoms with Gasteiger partial charge in [-0.1, -0.05) is 18.2 Å². The summed E-state index contributed by atoms with van der Waals surface area (Å²) in [5.41, 5.74) is 0.738. The van der Waals surface area contributed by atoms with Crippen molar-refractivity contribution in [2.45, 2.75) is 6.23 Å². The van der Waals surface area contributed by atoms with E-state index in [9.17, 15) is 9.59 Å². The molecular formula is C10H12N2O4. The van der Waals surface area contributed by atoms with Crippen molar-refractivity contribution < 1.29 is 19.8 Å². The number of aliphatic hydroxyl groups excluding tert-OH is 1. The van der Waals surface area contributed by atoms with Gasteiger partial charge in [-0.2, -0.15) is 0 Å². The van der Waals surface area contributed by atoms with Crippen LogP contribution in [0.2, 0.25) is 0 Å². The second-order valence-corrected chi connectivity index (χ2v) is 3.03. The number of hydrogen-bond acceptors (Lipinski definition) is 4. The number of carbonyl (C=O) groups is 2. The molecule has 0 fully saturated rings. The van der Waals surface area contributed by atoms with E-state index >= 15 is 0 Å². The van der Waals surface area contributed by atoms with E-state index in [1.54, 1.807) is 24.3 Å². The normalized spacial score (nSPS) is 11.6. The van der Waals surface area contributed by atoms with Crippen LogP contribution in [0.5, 0.6) is 0 Å². The average molecular weight is 224 g/mol. The highest BCUT2D eigenvalue weighted by atomic mass is 16.4. The molecule has 4 N–H and O–H groups in total. The number of nitrogens with one attached hydrogen (secondary N) is 2. The van der Waals surface area contributed by atoms with Crippen LogP contribution in [0, 0.1) is 0 Å². The van der Waals surface area contributed by atoms with Gasteiger partial charge < -0.3 is 20.8 Å². The molecule has 0 aliphatic heterocycles. The van der Waals surface area contributed by atoms with Gasteiger partial charge in [0.25, 0.3) is 0 Å². The number of rotatable bonds is 5. The van der Waals surface area contributed by atoms with Crippen LogP contribution in [0.1, 0.15) is 0 Å². The minimum atomic E-state index is -1.87. The lowest BCUT2D eigenvalue weighted by atomic mass is 10.3. The highest BCUT2D eigenvalue weighted by molar-refractivity contribution is 5.85. The Labute approximate surface area is 91.9 Å². The number of para-hydroxylation sites is 1. The molecule has 0 heterocycles. The molecule has 0 spiro atoms. The lowest BCUT2D eigenvalue weighted by Crippen LogP contribution is -2.43. The molecule has 1 amide bonds. The largest absolute Gasteiger partial charge is 0.478 e. The Kier molecular flexibility index (Phi) is 4.28. The molecule has 1 unspecified atom stereocenters. The first kappa shape index (κ1) is 12.0. The molecule has 0 aliphatic carbocycles. The van der Waals surface area contributed by atoms with Crippen LogP contribution < -0.4 is 10.6 Å². The number of aliphatic carboxylic acids is 1. The molecule has 0 aromatic heterocycles. The fourth-order valence-electron chi connectivity index (χ4n) is 1.00. The Bertz CT molecular complexity index is 366. The van der Waals surface area contributed by atoms with Crippen molar-refractivity contribution in [1.82, 2.24) is 5.32 Å². The van der Waals surface area contributed by atoms with Gasteiger partial charge in [-0.25, -0.2) is 4.79 Å². The molecular weight excluding hydrogens is 212 g/mol. The Balaban J connectivity index is 2.33. The number of anilines is 1. The number of amides is 1. The molecule has 6 nitrogen and oxygen atoms in total. The van der Waals surface area contributed by atoms with Gasteiger partial charge in [0.05, 0.1) is 6.54 Å². The summed E-state index contributed by atoms with van der Waals surface area (Å²) in [7, 11) is 0. The fourth-order valence-corrected chi connectivity index (χ4v) is 1.00. The van der Waals surface area contributed by atoms with Crippen LogP contribution in [0.25, 0.3) is 0 Å². The van der Waals surface area contributed by atoms with E-state index < -0.39 is 18.1 Å². The number of carbonyl (C=O) groups excluding carboxylic acids is 1. The second kappa shape index (κ2) is 5.72. The van der Waals surface area contributed by atoms with Gasteiger partial charge in [0.1, 0.15) is 0 Å². The van der Waals surface area contributed by atoms with Crippen LogP contribution in [0.3, 0.4) is 0 Å². The quantitative estimate of drug-likeness (QED) is 0.511. The minimum absolute atomic E-state index is 0.103. The number of carboxylic acids is 1. The molecule has 86 valence electrons. The summed E-state index contributed by atoms with van der Waals surface area (Å²) < 4.78 is 0. The highest BCUT2D eigenvalue weighted by Crippen LogP contribution is 2.03. The van der Waals surface area contributed by atoms with Crippen LogP contribution in [-0.4, -0.2) is 34.9 Å². The summed E-state index contributed by atoms with van der Waals surface area (Å²) in [6.07, 6.45) is -1.87. The van der Waals surface area contributed by atoms with Crippen LogP contribution >= 0.6 is 0 Å². The first-order valence-corrected chi connectivity index (χ1v) is 4.59. The summed E-state index contributed by atoms with van der Waals surface area (Å²) in [6.45, 7) is -0.103. The maximum Gasteiger partial charge on any atom is 0.353 e. The zero-order valence-electron chi connectivity index (χ0n) is 8.38. The van der Waals surface area contributed by atoms with Gasteiger partial charge >= 0.3 is 5.97 Å². The topological polar surface area (TPSA) is 98.7 Å². The van der Waals surface area contributed by atoms with E-state index in [2.05, 4.69) is 5.32 Å². The van der Waals surface area contributed by atoms with Crippen molar-refractivity contribution in [3.63, 3.8) is 0 Å². The van der Waals surface area contributed by atoms with E-state index in [1.807, 2.05) is 11.4 Å². The number of aliphatic hydroxyl groups is 1. The standard InChI is InChI=1S/C10H12N2O4/c13-8(12-9(14)10(15)16)6-11-7-4-2-1-3-5-7/h1-5,9,11,14H,6H2,(H,12,13)(H,15,16). The van der Waals surface area contributed by atoms with Gasteiger partial charge in [-0.3, -0.25) is 4.79 Å². The summed E-state index contributed by atoms with van der Waals surface area (Å²) in [6, 6.07) is 8.96. The zero-order valence-corrected chi connectivity index (χ0v) is 8.38. The SMILES string of the molecule is O=C(CNc1ccccc1)NC(O)C(=O)O. The zero-order chi connectivity index (χ0) is 12.0. The summed E-state index contributed by atoms with van der Waals surface area (Å²) >= 11 is 0. The van der Waals surface area contributed by atoms with Crippen molar-refractivity contribution >= 4 is 17.6 Å². The minimum Gasteiger partial charge on any atom is -0.478 e. The summed E-state index contributed by atoms with van der Waals surface area (Å²) in [4.78, 5) is 21.4. The fraction of sp³-hybridized carbons (Fsp3) is 0.200. The molecule has 0 radical (unpaired) electrons. The van der Waals surface area contributed by atoms with Crippen LogP contribution in [0.4, 0.5) is 5.69 Å². The first-order valence-electron chi connectivity index (χ1n) is 4.59. The van der Waals surface area contributed by atoms with Gasteiger partial charge in [0.2, 0.25) is 12.1 Å². The van der Waals surface area contributed by atoms with Crippen molar-refractivity contribution in [3.8, 4) is 0 Å². The molecule has 1 atom stereocenters. The monoisotopic (exact) mass is 224 g/mol. The van der Waals surface area contributed by atoms with E-state index in [4.69, 9.17) is 10.2 Å². The predicted octanol–water partition coefficient (Wildman–Crippen LogP) is -0.382. The number of carboxylic acid groups (broad SMARTS) is 1. The van der Waals surface area contributed by atoms with E-state index in [1.165, 1.54) is 0 Å². The third kappa shape index (κ3) is 3.97. The molecule has 16 heavy (non-hydrogen) atoms. The van der Waals surface area contributed by atoms with Crippen molar-refractivity contribution in [1.29, 1.82) is 0 Å². The number of hydrogen-bond donors (Lipinski definition) is 4. The third-order valence-electron chi connectivity index (χ3n) is 1.76. The smallest absolute Gasteiger partial charge is 0.353 e. The van der Waals surface area contributed by atoms with E-state index in [0.717, 1.165) is 5.69 Å². The molecule has 0 bridgehead atoms. The molecule has 6 heteroatoms. The average Bonchev–Trinajstić information content (AvgIpc) is 2.27. The molecule has 1 aromatic carbocycles. The molecule has 0 saturated carbocycles. The summed E-state index contributed by atoms with van der Waals surface area (Å²) in [5.74, 6) is -2.09. The molecule has 1 rings (SSSR count). The lowest BCUT2D eigenvalue weighted by Gasteiger charge is -2.09. The predicted molar refractivity (Wildman–Crippen MR) is 56.7 cm³/mol. The van der Waals surface area contributed by atoms with E-state index in [0.29, 0.717) is 0 Å². The molecule has 0 aliphatic rings. The lowest BCUT2D eigenvalue weighted by molar-refractivity contribution is -0.151. The Morgan fingerprint density at radius 1 is 1.25 bits per heavy atom. The van der Waals surface area contributed by atoms with Crippen molar-refractivity contribution in [3.05, 3.63) is 30.3 Å². The third-order valence-corrected chi connectivity index (χ3v) is 1.76. The number of benzene rings is 1. The first-order chi connectivity index (χ1) is 7.59. The second-order valence-electron chi connectivity index (χ2n) is 3.03. The van der Waals surface area contributed by atoms with E-state index in [-0.39, 0.29) is 6.54 Å². The summed E-state index contributed by atoms with van der Waals surface area (Å²) in [5, 5.41) is 21.8. The van der Waals surface area contributed by atoms with Gasteiger partial charge in [-0.05, 0) is 12.1 Å². The van der Waals surface area contributed by atoms with Crippen LogP contribution in [-0.2, 0) is 9.59 Å². The maximum atomic E-state index is 11.1. The van der Waals surface area contributed by atoms with Gasteiger partial charge in [-0.15, -0.1) is 0 Å². The maximum absolute atomic E-state index is 11.1. The Morgan fingerprint density at radius 3 is 2.44 bits per heavy atom. The molecule has 0 saturated heterocycles. The highest BCUT2D eigenvalue weighted by Gasteiger charge is 2.15.